The van der Waals surface area contributed by atoms with E-state index in [0.29, 0.717) is 17.9 Å². The first kappa shape index (κ1) is 22.9. The van der Waals surface area contributed by atoms with Crippen LogP contribution in [0.15, 0.2) is 17.8 Å². The molecule has 0 aliphatic carbocycles. The van der Waals surface area contributed by atoms with Crippen LogP contribution < -0.4 is 0 Å². The number of amides is 2. The first-order valence-corrected chi connectivity index (χ1v) is 12.8. The lowest BCUT2D eigenvalue weighted by molar-refractivity contribution is -0.128. The van der Waals surface area contributed by atoms with Crippen LogP contribution in [0.1, 0.15) is 30.0 Å². The van der Waals surface area contributed by atoms with Crippen LogP contribution in [0.5, 0.6) is 0 Å². The third-order valence-electron chi connectivity index (χ3n) is 6.64. The Morgan fingerprint density at radius 2 is 1.84 bits per heavy atom. The number of aryl methyl sites for hydroxylation is 1. The molecular weight excluding hydrogens is 432 g/mol. The van der Waals surface area contributed by atoms with Crippen LogP contribution in [0.3, 0.4) is 0 Å². The molecule has 0 radical (unpaired) electrons. The Morgan fingerprint density at radius 1 is 1.19 bits per heavy atom. The van der Waals surface area contributed by atoms with Gasteiger partial charge in [0.15, 0.2) is 0 Å². The fourth-order valence-electron chi connectivity index (χ4n) is 4.96. The number of sulfonamides is 1. The minimum Gasteiger partial charge on any atom is -0.324 e. The Labute approximate surface area is 189 Å². The van der Waals surface area contributed by atoms with Crippen molar-refractivity contribution in [3.05, 3.63) is 29.2 Å². The number of fused-ring (bicyclic) bond motifs is 1. The Balaban J connectivity index is 1.57. The van der Waals surface area contributed by atoms with E-state index >= 15 is 0 Å². The summed E-state index contributed by atoms with van der Waals surface area (Å²) in [5.74, 6) is -1.41. The average Bonchev–Trinajstić information content (AvgIpc) is 3.34. The Bertz CT molecular complexity index is 1050. The highest BCUT2D eigenvalue weighted by Gasteiger charge is 2.55. The molecule has 32 heavy (non-hydrogen) atoms. The van der Waals surface area contributed by atoms with Crippen LogP contribution in [0, 0.1) is 11.8 Å². The number of carbonyl (C=O) groups excluding carboxylic acids is 2. The first-order valence-electron chi connectivity index (χ1n) is 11.0. The molecule has 2 atom stereocenters. The molecule has 11 heteroatoms. The Kier molecular flexibility index (Phi) is 5.93. The lowest BCUT2D eigenvalue weighted by atomic mass is 9.89. The van der Waals surface area contributed by atoms with Crippen molar-refractivity contribution in [1.29, 1.82) is 0 Å². The summed E-state index contributed by atoms with van der Waals surface area (Å²) in [5.41, 5.74) is 1.66. The summed E-state index contributed by atoms with van der Waals surface area (Å²) in [6.07, 6.45) is 2.72. The molecule has 4 rings (SSSR count). The molecule has 176 valence electrons. The molecule has 0 unspecified atom stereocenters. The second kappa shape index (κ2) is 8.27. The quantitative estimate of drug-likeness (QED) is 0.602. The standard InChI is InChI=1S/C21H32N6O4S/c1-14(2)18-19-16(27(21(18)29)32(5,30)31)6-7-26(19)20(28)17-12-15(22-24(17)4)13-25-10-8-23(3)9-11-25/h6,12,14,18-19H,7-11,13H2,1-5H3/t18-,19+/m1/s1. The minimum atomic E-state index is -3.76. The highest BCUT2D eigenvalue weighted by molar-refractivity contribution is 7.89. The minimum absolute atomic E-state index is 0.115. The Hall–Kier alpha value is -2.24. The third kappa shape index (κ3) is 3.97. The van der Waals surface area contributed by atoms with Gasteiger partial charge in [-0.2, -0.15) is 5.10 Å². The highest BCUT2D eigenvalue weighted by Crippen LogP contribution is 2.41. The number of carbonyl (C=O) groups is 2. The van der Waals surface area contributed by atoms with Crippen LogP contribution >= 0.6 is 0 Å². The SMILES string of the molecule is CC(C)[C@H]1C(=O)N(S(C)(=O)=O)C2=CCN(C(=O)c3cc(CN4CCN(C)CC4)nn3C)[C@@H]21. The zero-order valence-electron chi connectivity index (χ0n) is 19.4. The van der Waals surface area contributed by atoms with Gasteiger partial charge in [-0.15, -0.1) is 0 Å². The first-order chi connectivity index (χ1) is 15.0. The summed E-state index contributed by atoms with van der Waals surface area (Å²) < 4.78 is 27.1. The van der Waals surface area contributed by atoms with Gasteiger partial charge in [-0.1, -0.05) is 13.8 Å². The van der Waals surface area contributed by atoms with Crippen LogP contribution in [0.4, 0.5) is 0 Å². The van der Waals surface area contributed by atoms with E-state index in [4.69, 9.17) is 0 Å². The summed E-state index contributed by atoms with van der Waals surface area (Å²) in [4.78, 5) is 32.7. The van der Waals surface area contributed by atoms with E-state index in [0.717, 1.165) is 42.4 Å². The monoisotopic (exact) mass is 464 g/mol. The second-order valence-corrected chi connectivity index (χ2v) is 11.2. The number of piperazine rings is 1. The van der Waals surface area contributed by atoms with Gasteiger partial charge in [-0.25, -0.2) is 12.7 Å². The zero-order valence-corrected chi connectivity index (χ0v) is 20.2. The fraction of sp³-hybridized carbons (Fsp3) is 0.667. The average molecular weight is 465 g/mol. The largest absolute Gasteiger partial charge is 0.324 e. The molecule has 1 aromatic rings. The smallest absolute Gasteiger partial charge is 0.272 e. The maximum absolute atomic E-state index is 13.5. The fourth-order valence-corrected chi connectivity index (χ4v) is 5.98. The van der Waals surface area contributed by atoms with Gasteiger partial charge in [-0.3, -0.25) is 19.2 Å². The van der Waals surface area contributed by atoms with Gasteiger partial charge >= 0.3 is 0 Å². The maximum atomic E-state index is 13.5. The molecule has 0 saturated carbocycles. The van der Waals surface area contributed by atoms with Crippen molar-refractivity contribution in [2.75, 3.05) is 46.0 Å². The molecule has 2 fully saturated rings. The predicted molar refractivity (Wildman–Crippen MR) is 119 cm³/mol. The Morgan fingerprint density at radius 3 is 2.44 bits per heavy atom. The number of aromatic nitrogens is 2. The van der Waals surface area contributed by atoms with Gasteiger partial charge in [0.05, 0.1) is 29.6 Å². The van der Waals surface area contributed by atoms with E-state index in [1.54, 1.807) is 22.7 Å². The van der Waals surface area contributed by atoms with Crippen molar-refractivity contribution in [3.8, 4) is 0 Å². The summed E-state index contributed by atoms with van der Waals surface area (Å²) >= 11 is 0. The number of hydrogen-bond donors (Lipinski definition) is 0. The normalized spacial score (nSPS) is 25.1. The third-order valence-corrected chi connectivity index (χ3v) is 7.69. The molecule has 0 aromatic carbocycles. The van der Waals surface area contributed by atoms with Crippen LogP contribution in [0.2, 0.25) is 0 Å². The molecule has 2 amide bonds. The topological polar surface area (TPSA) is 99.1 Å². The van der Waals surface area contributed by atoms with Gasteiger partial charge in [0, 0.05) is 46.3 Å². The van der Waals surface area contributed by atoms with Crippen molar-refractivity contribution in [2.24, 2.45) is 18.9 Å². The van der Waals surface area contributed by atoms with Crippen molar-refractivity contribution in [3.63, 3.8) is 0 Å². The zero-order chi connectivity index (χ0) is 23.4. The van der Waals surface area contributed by atoms with Gasteiger partial charge in [0.2, 0.25) is 15.9 Å². The molecule has 1 aromatic heterocycles. The van der Waals surface area contributed by atoms with Gasteiger partial charge in [0.1, 0.15) is 5.69 Å². The molecule has 4 heterocycles. The van der Waals surface area contributed by atoms with Crippen molar-refractivity contribution in [1.82, 2.24) is 28.8 Å². The number of rotatable bonds is 5. The van der Waals surface area contributed by atoms with Gasteiger partial charge in [-0.05, 0) is 25.1 Å². The molecular formula is C21H32N6O4S. The number of hydrogen-bond acceptors (Lipinski definition) is 7. The highest BCUT2D eigenvalue weighted by atomic mass is 32.2. The number of likely N-dealkylation sites (N-methyl/N-ethyl adjacent to an activating group) is 1. The summed E-state index contributed by atoms with van der Waals surface area (Å²) in [5, 5.41) is 4.55. The van der Waals surface area contributed by atoms with Crippen LogP contribution in [-0.2, 0) is 28.4 Å². The second-order valence-electron chi connectivity index (χ2n) is 9.39. The predicted octanol–water partition coefficient (Wildman–Crippen LogP) is -0.0502. The van der Waals surface area contributed by atoms with E-state index in [9.17, 15) is 18.0 Å². The number of nitrogens with zero attached hydrogens (tertiary/aromatic N) is 6. The van der Waals surface area contributed by atoms with Gasteiger partial charge < -0.3 is 9.80 Å². The van der Waals surface area contributed by atoms with E-state index in [-0.39, 0.29) is 18.4 Å². The molecule has 2 saturated heterocycles. The van der Waals surface area contributed by atoms with E-state index in [1.807, 2.05) is 19.9 Å². The van der Waals surface area contributed by atoms with Crippen molar-refractivity contribution < 1.29 is 18.0 Å². The van der Waals surface area contributed by atoms with E-state index in [1.165, 1.54) is 0 Å². The summed E-state index contributed by atoms with van der Waals surface area (Å²) in [6, 6.07) is 1.23. The molecule has 3 aliphatic rings. The van der Waals surface area contributed by atoms with E-state index < -0.39 is 27.9 Å². The van der Waals surface area contributed by atoms with Crippen molar-refractivity contribution in [2.45, 2.75) is 26.4 Å². The molecule has 0 spiro atoms. The molecule has 0 N–H and O–H groups in total. The maximum Gasteiger partial charge on any atom is 0.272 e. The van der Waals surface area contributed by atoms with Gasteiger partial charge in [0.25, 0.3) is 5.91 Å². The van der Waals surface area contributed by atoms with E-state index in [2.05, 4.69) is 21.9 Å². The molecule has 0 bridgehead atoms. The van der Waals surface area contributed by atoms with Crippen LogP contribution in [0.25, 0.3) is 0 Å². The molecule has 3 aliphatic heterocycles. The lowest BCUT2D eigenvalue weighted by Gasteiger charge is -2.31. The molecule has 10 nitrogen and oxygen atoms in total. The van der Waals surface area contributed by atoms with Crippen LogP contribution in [-0.4, -0.2) is 101 Å². The summed E-state index contributed by atoms with van der Waals surface area (Å²) in [7, 11) is 0.0917. The summed E-state index contributed by atoms with van der Waals surface area (Å²) in [6.45, 7) is 8.62. The lowest BCUT2D eigenvalue weighted by Crippen LogP contribution is -2.44. The van der Waals surface area contributed by atoms with Crippen molar-refractivity contribution >= 4 is 21.8 Å².